The fraction of sp³-hybridized carbons (Fsp3) is 0.733. The van der Waals surface area contributed by atoms with E-state index in [1.54, 1.807) is 6.07 Å². The first-order chi connectivity index (χ1) is 9.78. The van der Waals surface area contributed by atoms with Crippen molar-refractivity contribution in [2.75, 3.05) is 0 Å². The Kier molecular flexibility index (Phi) is 5.46. The lowest BCUT2D eigenvalue weighted by atomic mass is 10.1. The highest BCUT2D eigenvalue weighted by atomic mass is 32.2. The minimum atomic E-state index is -3.39. The van der Waals surface area contributed by atoms with Crippen molar-refractivity contribution in [3.05, 3.63) is 16.5 Å². The van der Waals surface area contributed by atoms with Crippen molar-refractivity contribution < 1.29 is 8.42 Å². The van der Waals surface area contributed by atoms with Gasteiger partial charge in [-0.05, 0) is 50.7 Å². The summed E-state index contributed by atoms with van der Waals surface area (Å²) in [5.41, 5.74) is 1.06. The lowest BCUT2D eigenvalue weighted by molar-refractivity contribution is 0.483. The Hall–Kier alpha value is -0.430. The Morgan fingerprint density at radius 2 is 2.00 bits per heavy atom. The van der Waals surface area contributed by atoms with Gasteiger partial charge in [0, 0.05) is 23.5 Å². The first-order valence-corrected chi connectivity index (χ1v) is 9.93. The Labute approximate surface area is 132 Å². The summed E-state index contributed by atoms with van der Waals surface area (Å²) >= 11 is 1.38. The molecule has 2 rings (SSSR count). The molecule has 1 aliphatic rings. The molecule has 21 heavy (non-hydrogen) atoms. The van der Waals surface area contributed by atoms with Crippen LogP contribution < -0.4 is 10.0 Å². The molecule has 0 aromatic carbocycles. The van der Waals surface area contributed by atoms with E-state index in [0.717, 1.165) is 23.4 Å². The predicted octanol–water partition coefficient (Wildman–Crippen LogP) is 3.02. The van der Waals surface area contributed by atoms with Crippen LogP contribution in [0.5, 0.6) is 0 Å². The Balaban J connectivity index is 2.03. The molecule has 0 spiro atoms. The number of nitrogens with one attached hydrogen (secondary N) is 2. The molecule has 6 heteroatoms. The van der Waals surface area contributed by atoms with Gasteiger partial charge >= 0.3 is 0 Å². The summed E-state index contributed by atoms with van der Waals surface area (Å²) in [4.78, 5) is 1.12. The molecule has 0 saturated heterocycles. The van der Waals surface area contributed by atoms with Crippen LogP contribution >= 0.6 is 11.3 Å². The third-order valence-corrected chi connectivity index (χ3v) is 6.87. The quantitative estimate of drug-likeness (QED) is 0.770. The second-order valence-corrected chi connectivity index (χ2v) is 9.56. The fourth-order valence-electron chi connectivity index (χ4n) is 2.40. The van der Waals surface area contributed by atoms with Gasteiger partial charge in [0.1, 0.15) is 4.21 Å². The van der Waals surface area contributed by atoms with Crippen molar-refractivity contribution in [1.82, 2.24) is 10.0 Å². The van der Waals surface area contributed by atoms with E-state index in [1.807, 2.05) is 13.8 Å². The topological polar surface area (TPSA) is 58.2 Å². The first-order valence-electron chi connectivity index (χ1n) is 7.63. The second-order valence-electron chi connectivity index (χ2n) is 6.48. The van der Waals surface area contributed by atoms with E-state index in [2.05, 4.69) is 23.9 Å². The van der Waals surface area contributed by atoms with E-state index in [0.29, 0.717) is 16.2 Å². The minimum absolute atomic E-state index is 0.0366. The summed E-state index contributed by atoms with van der Waals surface area (Å²) in [5.74, 6) is 0.478. The highest BCUT2D eigenvalue weighted by Gasteiger charge is 2.23. The summed E-state index contributed by atoms with van der Waals surface area (Å²) in [7, 11) is -3.39. The zero-order valence-electron chi connectivity index (χ0n) is 13.3. The number of thiophene rings is 1. The third-order valence-electron chi connectivity index (χ3n) is 3.57. The molecule has 1 aliphatic carbocycles. The number of hydrogen-bond acceptors (Lipinski definition) is 4. The normalized spacial score (nSPS) is 17.4. The average Bonchev–Trinajstić information content (AvgIpc) is 3.08. The maximum Gasteiger partial charge on any atom is 0.250 e. The SMILES string of the molecule is Cc1cc(S(=O)(=O)NC(C)CC(C)C)sc1CNC1CC1. The van der Waals surface area contributed by atoms with Crippen molar-refractivity contribution in [3.63, 3.8) is 0 Å². The van der Waals surface area contributed by atoms with Gasteiger partial charge in [-0.25, -0.2) is 13.1 Å². The maximum absolute atomic E-state index is 12.4. The van der Waals surface area contributed by atoms with Crippen LogP contribution in [0.1, 0.15) is 50.5 Å². The Morgan fingerprint density at radius 1 is 1.33 bits per heavy atom. The fourth-order valence-corrected chi connectivity index (χ4v) is 5.21. The van der Waals surface area contributed by atoms with E-state index < -0.39 is 10.0 Å². The largest absolute Gasteiger partial charge is 0.309 e. The van der Waals surface area contributed by atoms with E-state index >= 15 is 0 Å². The third kappa shape index (κ3) is 5.06. The molecule has 2 N–H and O–H groups in total. The number of rotatable bonds is 8. The molecule has 1 fully saturated rings. The molecule has 1 atom stereocenters. The summed E-state index contributed by atoms with van der Waals surface area (Å²) in [6.45, 7) is 8.88. The highest BCUT2D eigenvalue weighted by molar-refractivity contribution is 7.91. The zero-order valence-corrected chi connectivity index (χ0v) is 14.9. The number of hydrogen-bond donors (Lipinski definition) is 2. The van der Waals surface area contributed by atoms with Crippen LogP contribution in [0.25, 0.3) is 0 Å². The molecule has 0 bridgehead atoms. The van der Waals surface area contributed by atoms with Crippen LogP contribution in [0, 0.1) is 12.8 Å². The van der Waals surface area contributed by atoms with Crippen LogP contribution in [0.3, 0.4) is 0 Å². The Morgan fingerprint density at radius 3 is 2.57 bits per heavy atom. The molecule has 0 radical (unpaired) electrons. The van der Waals surface area contributed by atoms with Crippen LogP contribution in [0.4, 0.5) is 0 Å². The molecule has 4 nitrogen and oxygen atoms in total. The van der Waals surface area contributed by atoms with Gasteiger partial charge < -0.3 is 5.32 Å². The maximum atomic E-state index is 12.4. The van der Waals surface area contributed by atoms with Gasteiger partial charge in [0.25, 0.3) is 0 Å². The zero-order chi connectivity index (χ0) is 15.6. The van der Waals surface area contributed by atoms with E-state index in [1.165, 1.54) is 24.2 Å². The summed E-state index contributed by atoms with van der Waals surface area (Å²) in [5, 5.41) is 3.44. The Bertz CT molecular complexity index is 574. The number of aryl methyl sites for hydroxylation is 1. The van der Waals surface area contributed by atoms with Gasteiger partial charge in [0.2, 0.25) is 10.0 Å². The van der Waals surface area contributed by atoms with Crippen LogP contribution in [-0.2, 0) is 16.6 Å². The van der Waals surface area contributed by atoms with E-state index in [4.69, 9.17) is 0 Å². The van der Waals surface area contributed by atoms with Gasteiger partial charge in [-0.1, -0.05) is 13.8 Å². The van der Waals surface area contributed by atoms with E-state index in [9.17, 15) is 8.42 Å². The van der Waals surface area contributed by atoms with Gasteiger partial charge in [-0.15, -0.1) is 11.3 Å². The molecular weight excluding hydrogens is 304 g/mol. The van der Waals surface area contributed by atoms with Gasteiger partial charge in [0.15, 0.2) is 0 Å². The van der Waals surface area contributed by atoms with Gasteiger partial charge in [-0.3, -0.25) is 0 Å². The lowest BCUT2D eigenvalue weighted by Gasteiger charge is -2.15. The molecule has 1 aromatic heterocycles. The standard InChI is InChI=1S/C15H26N2O2S2/c1-10(2)7-12(4)17-21(18,19)15-8-11(3)14(20-15)9-16-13-5-6-13/h8,10,12-13,16-17H,5-7,9H2,1-4H3. The van der Waals surface area contributed by atoms with Gasteiger partial charge in [0.05, 0.1) is 0 Å². The molecule has 1 saturated carbocycles. The highest BCUT2D eigenvalue weighted by Crippen LogP contribution is 2.28. The minimum Gasteiger partial charge on any atom is -0.309 e. The predicted molar refractivity (Wildman–Crippen MR) is 88.2 cm³/mol. The molecule has 1 aromatic rings. The molecule has 0 aliphatic heterocycles. The average molecular weight is 331 g/mol. The molecule has 0 amide bonds. The van der Waals surface area contributed by atoms with Crippen molar-refractivity contribution >= 4 is 21.4 Å². The number of sulfonamides is 1. The van der Waals surface area contributed by atoms with Crippen molar-refractivity contribution in [2.45, 2.75) is 69.8 Å². The summed E-state index contributed by atoms with van der Waals surface area (Å²) < 4.78 is 28.1. The van der Waals surface area contributed by atoms with Crippen molar-refractivity contribution in [3.8, 4) is 0 Å². The van der Waals surface area contributed by atoms with E-state index in [-0.39, 0.29) is 6.04 Å². The molecular formula is C15H26N2O2S2. The summed E-state index contributed by atoms with van der Waals surface area (Å²) in [6, 6.07) is 2.39. The monoisotopic (exact) mass is 330 g/mol. The lowest BCUT2D eigenvalue weighted by Crippen LogP contribution is -2.33. The smallest absolute Gasteiger partial charge is 0.250 e. The molecule has 1 heterocycles. The van der Waals surface area contributed by atoms with Crippen LogP contribution in [-0.4, -0.2) is 20.5 Å². The first kappa shape index (κ1) is 16.9. The van der Waals surface area contributed by atoms with Crippen LogP contribution in [0.15, 0.2) is 10.3 Å². The summed E-state index contributed by atoms with van der Waals surface area (Å²) in [6.07, 6.45) is 3.33. The van der Waals surface area contributed by atoms with Crippen LogP contribution in [0.2, 0.25) is 0 Å². The molecule has 1 unspecified atom stereocenters. The molecule has 120 valence electrons. The van der Waals surface area contributed by atoms with Crippen molar-refractivity contribution in [1.29, 1.82) is 0 Å². The second kappa shape index (κ2) is 6.77. The van der Waals surface area contributed by atoms with Crippen molar-refractivity contribution in [2.24, 2.45) is 5.92 Å². The van der Waals surface area contributed by atoms with Gasteiger partial charge in [-0.2, -0.15) is 0 Å².